The summed E-state index contributed by atoms with van der Waals surface area (Å²) in [5, 5.41) is 21.0. The number of hydrogen-bond acceptors (Lipinski definition) is 4. The third kappa shape index (κ3) is 8.22. The number of unbranched alkanes of at least 4 members (excludes halogenated alkanes) is 3. The van der Waals surface area contributed by atoms with E-state index >= 15 is 0 Å². The van der Waals surface area contributed by atoms with Gasteiger partial charge in [0.15, 0.2) is 0 Å². The minimum absolute atomic E-state index is 0.162. The van der Waals surface area contributed by atoms with Crippen LogP contribution in [0.3, 0.4) is 0 Å². The lowest BCUT2D eigenvalue weighted by Gasteiger charge is -2.26. The highest BCUT2D eigenvalue weighted by Gasteiger charge is 2.43. The second kappa shape index (κ2) is 13.7. The molecule has 1 amide bonds. The maximum atomic E-state index is 12.2. The molecule has 0 unspecified atom stereocenters. The van der Waals surface area contributed by atoms with E-state index in [4.69, 9.17) is 4.74 Å². The fraction of sp³-hybridized carbons (Fsp3) is 0.821. The van der Waals surface area contributed by atoms with Crippen LogP contribution in [-0.4, -0.2) is 59.5 Å². The van der Waals surface area contributed by atoms with Crippen molar-refractivity contribution in [2.45, 2.75) is 96.7 Å². The van der Waals surface area contributed by atoms with Crippen LogP contribution in [-0.2, 0) is 9.53 Å². The molecule has 3 aliphatic rings. The molecule has 0 aromatic carbocycles. The fourth-order valence-electron chi connectivity index (χ4n) is 5.98. The molecule has 1 saturated carbocycles. The van der Waals surface area contributed by atoms with E-state index in [9.17, 15) is 15.0 Å². The third-order valence-electron chi connectivity index (χ3n) is 7.95. The van der Waals surface area contributed by atoms with Crippen LogP contribution in [0.4, 0.5) is 0 Å². The van der Waals surface area contributed by atoms with Gasteiger partial charge in [-0.1, -0.05) is 63.3 Å². The molecule has 3 rings (SSSR count). The summed E-state index contributed by atoms with van der Waals surface area (Å²) in [6.45, 7) is 7.25. The van der Waals surface area contributed by atoms with Crippen LogP contribution >= 0.6 is 0 Å². The number of hydrogen-bond donors (Lipinski definition) is 2. The van der Waals surface area contributed by atoms with Crippen molar-refractivity contribution in [1.29, 1.82) is 0 Å². The lowest BCUT2D eigenvalue weighted by Crippen LogP contribution is -2.40. The highest BCUT2D eigenvalue weighted by atomic mass is 16.5. The van der Waals surface area contributed by atoms with E-state index in [0.717, 1.165) is 58.0 Å². The molecule has 0 radical (unpaired) electrons. The maximum absolute atomic E-state index is 12.2. The summed E-state index contributed by atoms with van der Waals surface area (Å²) >= 11 is 0. The molecule has 1 saturated heterocycles. The van der Waals surface area contributed by atoms with Crippen molar-refractivity contribution in [1.82, 2.24) is 4.90 Å². The molecule has 5 heteroatoms. The van der Waals surface area contributed by atoms with Crippen molar-refractivity contribution in [3.8, 4) is 0 Å². The molecule has 0 aromatic heterocycles. The van der Waals surface area contributed by atoms with Crippen LogP contribution in [0, 0.1) is 23.7 Å². The topological polar surface area (TPSA) is 70.0 Å². The summed E-state index contributed by atoms with van der Waals surface area (Å²) in [6.07, 6.45) is 17.1. The minimum atomic E-state index is -0.405. The Bertz CT molecular complexity index is 654. The van der Waals surface area contributed by atoms with Gasteiger partial charge in [0, 0.05) is 25.4 Å². The highest BCUT2D eigenvalue weighted by Crippen LogP contribution is 2.48. The lowest BCUT2D eigenvalue weighted by atomic mass is 9.88. The van der Waals surface area contributed by atoms with Crippen LogP contribution in [0.5, 0.6) is 0 Å². The molecule has 188 valence electrons. The number of carbonyl (C=O) groups excluding carboxylic acids is 1. The molecular formula is C28H47NO4. The number of aliphatic hydroxyl groups is 2. The molecule has 6 atom stereocenters. The van der Waals surface area contributed by atoms with Crippen molar-refractivity contribution >= 4 is 5.91 Å². The first kappa shape index (κ1) is 26.4. The fourth-order valence-corrected chi connectivity index (χ4v) is 5.98. The summed E-state index contributed by atoms with van der Waals surface area (Å²) < 4.78 is 5.32. The number of carbonyl (C=O) groups is 1. The number of rotatable bonds is 13. The van der Waals surface area contributed by atoms with Gasteiger partial charge in [-0.2, -0.15) is 0 Å². The second-order valence-corrected chi connectivity index (χ2v) is 10.7. The summed E-state index contributed by atoms with van der Waals surface area (Å²) in [4.78, 5) is 14.2. The van der Waals surface area contributed by atoms with Gasteiger partial charge in [0.05, 0.1) is 25.4 Å². The largest absolute Gasteiger partial charge is 0.392 e. The number of aliphatic hydroxyl groups excluding tert-OH is 2. The van der Waals surface area contributed by atoms with Crippen molar-refractivity contribution in [3.63, 3.8) is 0 Å². The smallest absolute Gasteiger partial charge is 0.222 e. The summed E-state index contributed by atoms with van der Waals surface area (Å²) in [6, 6.07) is 0. The van der Waals surface area contributed by atoms with E-state index in [0.29, 0.717) is 37.4 Å². The van der Waals surface area contributed by atoms with Crippen molar-refractivity contribution in [3.05, 3.63) is 23.8 Å². The SMILES string of the molecule is CCCC[C@H](C)C[C@H](O)/C=C/[C@@H]1[C@H]2CC(CCCCCC(=O)N3CCOCC3)=C[C@H]2C[C@H]1O. The van der Waals surface area contributed by atoms with E-state index in [-0.39, 0.29) is 17.9 Å². The molecular weight excluding hydrogens is 414 g/mol. The van der Waals surface area contributed by atoms with Gasteiger partial charge in [0.2, 0.25) is 5.91 Å². The second-order valence-electron chi connectivity index (χ2n) is 10.7. The van der Waals surface area contributed by atoms with Gasteiger partial charge < -0.3 is 19.8 Å². The van der Waals surface area contributed by atoms with Gasteiger partial charge in [-0.3, -0.25) is 4.79 Å². The molecule has 5 nitrogen and oxygen atoms in total. The zero-order valence-corrected chi connectivity index (χ0v) is 21.0. The average Bonchev–Trinajstić information content (AvgIpc) is 3.32. The minimum Gasteiger partial charge on any atom is -0.392 e. The standard InChI is InChI=1S/C28H47NO4/c1-3-4-8-21(2)17-24(30)11-12-25-26-19-22(18-23(26)20-27(25)31)9-6-5-7-10-28(32)29-13-15-33-16-14-29/h11-12,18,21,23-27,30-31H,3-10,13-17,19-20H2,1-2H3/b12-11+/t21-,23-,24+,25+,26-,27+/m0/s1. The van der Waals surface area contributed by atoms with Crippen LogP contribution < -0.4 is 0 Å². The number of morpholine rings is 1. The van der Waals surface area contributed by atoms with Gasteiger partial charge >= 0.3 is 0 Å². The van der Waals surface area contributed by atoms with Gasteiger partial charge in [-0.25, -0.2) is 0 Å². The average molecular weight is 462 g/mol. The summed E-state index contributed by atoms with van der Waals surface area (Å²) in [5.41, 5.74) is 1.53. The first-order chi connectivity index (χ1) is 16.0. The monoisotopic (exact) mass is 461 g/mol. The van der Waals surface area contributed by atoms with E-state index < -0.39 is 6.10 Å². The first-order valence-corrected chi connectivity index (χ1v) is 13.6. The lowest BCUT2D eigenvalue weighted by molar-refractivity contribution is -0.135. The Labute approximate surface area is 201 Å². The Hall–Kier alpha value is -1.17. The van der Waals surface area contributed by atoms with Gasteiger partial charge in [0.25, 0.3) is 0 Å². The number of nitrogens with zero attached hydrogens (tertiary/aromatic N) is 1. The predicted molar refractivity (Wildman–Crippen MR) is 133 cm³/mol. The number of ether oxygens (including phenoxy) is 1. The van der Waals surface area contributed by atoms with E-state index in [1.54, 1.807) is 0 Å². The Balaban J connectivity index is 1.34. The maximum Gasteiger partial charge on any atom is 0.222 e. The molecule has 2 fully saturated rings. The summed E-state index contributed by atoms with van der Waals surface area (Å²) in [7, 11) is 0. The van der Waals surface area contributed by atoms with Crippen molar-refractivity contribution < 1.29 is 19.7 Å². The molecule has 0 spiro atoms. The van der Waals surface area contributed by atoms with Crippen LogP contribution in [0.2, 0.25) is 0 Å². The molecule has 33 heavy (non-hydrogen) atoms. The zero-order valence-electron chi connectivity index (χ0n) is 21.0. The van der Waals surface area contributed by atoms with Crippen molar-refractivity contribution in [2.24, 2.45) is 23.7 Å². The zero-order chi connectivity index (χ0) is 23.6. The van der Waals surface area contributed by atoms with Crippen LogP contribution in [0.25, 0.3) is 0 Å². The Kier molecular flexibility index (Phi) is 10.9. The van der Waals surface area contributed by atoms with Crippen molar-refractivity contribution in [2.75, 3.05) is 26.3 Å². The molecule has 1 heterocycles. The first-order valence-electron chi connectivity index (χ1n) is 13.6. The molecule has 0 aromatic rings. The Morgan fingerprint density at radius 2 is 2.03 bits per heavy atom. The van der Waals surface area contributed by atoms with Gasteiger partial charge in [-0.15, -0.1) is 0 Å². The number of allylic oxidation sites excluding steroid dienone is 2. The Morgan fingerprint density at radius 1 is 1.24 bits per heavy atom. The third-order valence-corrected chi connectivity index (χ3v) is 7.95. The highest BCUT2D eigenvalue weighted by molar-refractivity contribution is 5.76. The predicted octanol–water partition coefficient (Wildman–Crippen LogP) is 4.87. The molecule has 0 bridgehead atoms. The quantitative estimate of drug-likeness (QED) is 0.303. The van der Waals surface area contributed by atoms with Gasteiger partial charge in [-0.05, 0) is 56.3 Å². The van der Waals surface area contributed by atoms with E-state index in [1.807, 2.05) is 11.0 Å². The molecule has 2 N–H and O–H groups in total. The Morgan fingerprint density at radius 3 is 2.79 bits per heavy atom. The van der Waals surface area contributed by atoms with E-state index in [1.165, 1.54) is 24.8 Å². The van der Waals surface area contributed by atoms with Crippen LogP contribution in [0.15, 0.2) is 23.8 Å². The van der Waals surface area contributed by atoms with Crippen LogP contribution in [0.1, 0.15) is 84.5 Å². The number of amides is 1. The summed E-state index contributed by atoms with van der Waals surface area (Å²) in [5.74, 6) is 1.94. The molecule has 2 aliphatic carbocycles. The van der Waals surface area contributed by atoms with E-state index in [2.05, 4.69) is 26.0 Å². The van der Waals surface area contributed by atoms with Gasteiger partial charge in [0.1, 0.15) is 0 Å². The molecule has 1 aliphatic heterocycles. The normalized spacial score (nSPS) is 29.3. The number of fused-ring (bicyclic) bond motifs is 1.